The predicted octanol–water partition coefficient (Wildman–Crippen LogP) is 4.96. The minimum absolute atomic E-state index is 0.160. The Hall–Kier alpha value is -3.01. The molecule has 0 spiro atoms. The molecule has 8 nitrogen and oxygen atoms in total. The molecular formula is C18H11Cl3FN7O. The van der Waals surface area contributed by atoms with E-state index < -0.39 is 5.82 Å². The van der Waals surface area contributed by atoms with Crippen LogP contribution in [0.2, 0.25) is 15.2 Å². The van der Waals surface area contributed by atoms with Gasteiger partial charge in [-0.25, -0.2) is 14.4 Å². The van der Waals surface area contributed by atoms with Gasteiger partial charge in [-0.15, -0.1) is 0 Å². The summed E-state index contributed by atoms with van der Waals surface area (Å²) < 4.78 is 20.7. The first kappa shape index (κ1) is 20.3. The zero-order chi connectivity index (χ0) is 21.1. The molecule has 0 saturated carbocycles. The molecular weight excluding hydrogens is 456 g/mol. The number of tetrazole rings is 1. The predicted molar refractivity (Wildman–Crippen MR) is 110 cm³/mol. The van der Waals surface area contributed by atoms with E-state index in [1.54, 1.807) is 36.5 Å². The summed E-state index contributed by atoms with van der Waals surface area (Å²) in [5, 5.41) is 15.1. The zero-order valence-electron chi connectivity index (χ0n) is 14.9. The molecule has 12 heteroatoms. The van der Waals surface area contributed by atoms with Gasteiger partial charge < -0.3 is 10.1 Å². The summed E-state index contributed by atoms with van der Waals surface area (Å²) in [5.41, 5.74) is 1.18. The van der Waals surface area contributed by atoms with Crippen LogP contribution in [0.25, 0.3) is 5.69 Å². The van der Waals surface area contributed by atoms with E-state index in [1.807, 2.05) is 0 Å². The molecule has 1 aromatic carbocycles. The normalized spacial score (nSPS) is 10.8. The Bertz CT molecular complexity index is 1200. The third kappa shape index (κ3) is 4.28. The van der Waals surface area contributed by atoms with E-state index in [9.17, 15) is 4.39 Å². The van der Waals surface area contributed by atoms with Crippen molar-refractivity contribution < 1.29 is 9.13 Å². The van der Waals surface area contributed by atoms with Crippen LogP contribution in [0.5, 0.6) is 11.6 Å². The van der Waals surface area contributed by atoms with Crippen molar-refractivity contribution in [2.75, 3.05) is 5.32 Å². The van der Waals surface area contributed by atoms with Crippen molar-refractivity contribution in [1.29, 1.82) is 0 Å². The molecule has 152 valence electrons. The van der Waals surface area contributed by atoms with Gasteiger partial charge in [0.1, 0.15) is 0 Å². The molecule has 0 aliphatic carbocycles. The number of anilines is 1. The van der Waals surface area contributed by atoms with Crippen LogP contribution in [-0.2, 0) is 6.54 Å². The molecule has 0 atom stereocenters. The SMILES string of the molecule is Fc1cc(Oc2ncccc2CNc2nnnn2-c2cccc(Cl)c2Cl)cnc1Cl. The summed E-state index contributed by atoms with van der Waals surface area (Å²) >= 11 is 17.9. The summed E-state index contributed by atoms with van der Waals surface area (Å²) in [5.74, 6) is 0.0521. The Labute approximate surface area is 184 Å². The van der Waals surface area contributed by atoms with Crippen molar-refractivity contribution >= 4 is 40.8 Å². The number of pyridine rings is 2. The highest BCUT2D eigenvalue weighted by Gasteiger charge is 2.15. The highest BCUT2D eigenvalue weighted by molar-refractivity contribution is 6.43. The van der Waals surface area contributed by atoms with Crippen molar-refractivity contribution in [1.82, 2.24) is 30.2 Å². The molecule has 30 heavy (non-hydrogen) atoms. The molecule has 0 unspecified atom stereocenters. The van der Waals surface area contributed by atoms with Gasteiger partial charge in [0.25, 0.3) is 0 Å². The number of hydrogen-bond acceptors (Lipinski definition) is 7. The van der Waals surface area contributed by atoms with E-state index in [-0.39, 0.29) is 23.3 Å². The lowest BCUT2D eigenvalue weighted by Crippen LogP contribution is -2.09. The van der Waals surface area contributed by atoms with Gasteiger partial charge in [-0.3, -0.25) is 0 Å². The van der Waals surface area contributed by atoms with Crippen LogP contribution in [0.4, 0.5) is 10.3 Å². The van der Waals surface area contributed by atoms with Crippen molar-refractivity contribution in [3.05, 3.63) is 75.4 Å². The average molecular weight is 467 g/mol. The summed E-state index contributed by atoms with van der Waals surface area (Å²) in [4.78, 5) is 7.91. The number of rotatable bonds is 6. The first-order valence-electron chi connectivity index (χ1n) is 8.42. The number of ether oxygens (including phenoxy) is 1. The summed E-state index contributed by atoms with van der Waals surface area (Å²) in [6.45, 7) is 0.255. The van der Waals surface area contributed by atoms with Crippen LogP contribution >= 0.6 is 34.8 Å². The molecule has 0 bridgehead atoms. The molecule has 0 amide bonds. The van der Waals surface area contributed by atoms with Crippen molar-refractivity contribution in [2.45, 2.75) is 6.54 Å². The van der Waals surface area contributed by atoms with Crippen LogP contribution in [0.3, 0.4) is 0 Å². The second kappa shape index (κ2) is 8.78. The van der Waals surface area contributed by atoms with E-state index in [0.29, 0.717) is 27.2 Å². The second-order valence-electron chi connectivity index (χ2n) is 5.85. The minimum Gasteiger partial charge on any atom is -0.437 e. The van der Waals surface area contributed by atoms with Crippen molar-refractivity contribution in [3.8, 4) is 17.3 Å². The fraction of sp³-hybridized carbons (Fsp3) is 0.0556. The Balaban J connectivity index is 1.55. The summed E-state index contributed by atoms with van der Waals surface area (Å²) in [6, 6.07) is 9.79. The van der Waals surface area contributed by atoms with Gasteiger partial charge in [0, 0.05) is 24.4 Å². The molecule has 0 saturated heterocycles. The largest absolute Gasteiger partial charge is 0.437 e. The first-order valence-corrected chi connectivity index (χ1v) is 9.55. The van der Waals surface area contributed by atoms with E-state index in [0.717, 1.165) is 6.07 Å². The summed E-state index contributed by atoms with van der Waals surface area (Å²) in [7, 11) is 0. The Morgan fingerprint density at radius 3 is 2.80 bits per heavy atom. The monoisotopic (exact) mass is 465 g/mol. The van der Waals surface area contributed by atoms with Crippen LogP contribution in [0, 0.1) is 5.82 Å². The number of aromatic nitrogens is 6. The van der Waals surface area contributed by atoms with Crippen LogP contribution in [-0.4, -0.2) is 30.2 Å². The molecule has 3 aromatic heterocycles. The quantitative estimate of drug-likeness (QED) is 0.402. The average Bonchev–Trinajstić information content (AvgIpc) is 3.20. The number of hydrogen-bond donors (Lipinski definition) is 1. The lowest BCUT2D eigenvalue weighted by atomic mass is 10.2. The smallest absolute Gasteiger partial charge is 0.248 e. The van der Waals surface area contributed by atoms with Gasteiger partial charge >= 0.3 is 0 Å². The highest BCUT2D eigenvalue weighted by atomic mass is 35.5. The maximum Gasteiger partial charge on any atom is 0.248 e. The van der Waals surface area contributed by atoms with E-state index in [4.69, 9.17) is 39.5 Å². The van der Waals surface area contributed by atoms with Gasteiger partial charge in [0.2, 0.25) is 11.8 Å². The molecule has 0 aliphatic heterocycles. The Morgan fingerprint density at radius 1 is 1.10 bits per heavy atom. The van der Waals surface area contributed by atoms with Crippen LogP contribution in [0.15, 0.2) is 48.8 Å². The highest BCUT2D eigenvalue weighted by Crippen LogP contribution is 2.30. The topological polar surface area (TPSA) is 90.6 Å². The van der Waals surface area contributed by atoms with E-state index in [1.165, 1.54) is 10.9 Å². The molecule has 4 aromatic rings. The molecule has 0 radical (unpaired) electrons. The van der Waals surface area contributed by atoms with E-state index >= 15 is 0 Å². The fourth-order valence-electron chi connectivity index (χ4n) is 2.51. The Morgan fingerprint density at radius 2 is 1.97 bits per heavy atom. The van der Waals surface area contributed by atoms with Gasteiger partial charge in [-0.2, -0.15) is 4.68 Å². The number of halogens is 4. The zero-order valence-corrected chi connectivity index (χ0v) is 17.2. The maximum atomic E-state index is 13.6. The number of benzene rings is 1. The van der Waals surface area contributed by atoms with E-state index in [2.05, 4.69) is 30.8 Å². The lowest BCUT2D eigenvalue weighted by molar-refractivity contribution is 0.449. The Kier molecular flexibility index (Phi) is 5.93. The first-order chi connectivity index (χ1) is 14.5. The van der Waals surface area contributed by atoms with Crippen molar-refractivity contribution in [2.24, 2.45) is 0 Å². The number of nitrogens with one attached hydrogen (secondary N) is 1. The minimum atomic E-state index is -0.692. The lowest BCUT2D eigenvalue weighted by Gasteiger charge is -2.12. The second-order valence-corrected chi connectivity index (χ2v) is 7.00. The van der Waals surface area contributed by atoms with Crippen LogP contribution < -0.4 is 10.1 Å². The molecule has 0 fully saturated rings. The number of nitrogens with zero attached hydrogens (tertiary/aromatic N) is 6. The maximum absolute atomic E-state index is 13.6. The van der Waals surface area contributed by atoms with Crippen molar-refractivity contribution in [3.63, 3.8) is 0 Å². The third-order valence-corrected chi connectivity index (χ3v) is 4.99. The molecule has 1 N–H and O–H groups in total. The molecule has 0 aliphatic rings. The summed E-state index contributed by atoms with van der Waals surface area (Å²) in [6.07, 6.45) is 2.85. The molecule has 3 heterocycles. The molecule has 4 rings (SSSR count). The van der Waals surface area contributed by atoms with Gasteiger partial charge in [-0.05, 0) is 28.6 Å². The third-order valence-electron chi connectivity index (χ3n) is 3.90. The van der Waals surface area contributed by atoms with Gasteiger partial charge in [-0.1, -0.05) is 52.0 Å². The van der Waals surface area contributed by atoms with Crippen LogP contribution in [0.1, 0.15) is 5.56 Å². The standard InChI is InChI=1S/C18H11Cl3FN7O/c19-12-4-1-5-14(15(12)20)29-18(26-27-28-29)25-8-10-3-2-6-23-17(10)30-11-7-13(22)16(21)24-9-11/h1-7,9H,8H2,(H,25,26,28). The van der Waals surface area contributed by atoms with Gasteiger partial charge in [0.15, 0.2) is 16.7 Å². The fourth-order valence-corrected chi connectivity index (χ4v) is 2.99. The van der Waals surface area contributed by atoms with Gasteiger partial charge in [0.05, 0.1) is 21.9 Å².